The molecule has 1 aromatic carbocycles. The lowest BCUT2D eigenvalue weighted by atomic mass is 10.2. The number of rotatable bonds is 5. The molecule has 0 spiro atoms. The molecule has 2 N–H and O–H groups in total. The zero-order chi connectivity index (χ0) is 16.9. The molecule has 0 saturated heterocycles. The van der Waals surface area contributed by atoms with Gasteiger partial charge in [0.05, 0.1) is 12.2 Å². The largest absolute Gasteiger partial charge is 0.444 e. The molecular formula is C18H22N4O2. The Bertz CT molecular complexity index is 724. The molecular weight excluding hydrogens is 304 g/mol. The Kier molecular flexibility index (Phi) is 4.84. The van der Waals surface area contributed by atoms with Crippen LogP contribution >= 0.6 is 0 Å². The van der Waals surface area contributed by atoms with Crippen molar-refractivity contribution < 1.29 is 9.21 Å². The number of carbonyl (C=O) groups is 1. The van der Waals surface area contributed by atoms with Gasteiger partial charge < -0.3 is 20.0 Å². The van der Waals surface area contributed by atoms with E-state index >= 15 is 0 Å². The summed E-state index contributed by atoms with van der Waals surface area (Å²) in [5, 5.41) is 5.61. The average Bonchev–Trinajstić information content (AvgIpc) is 3.22. The van der Waals surface area contributed by atoms with E-state index in [4.69, 9.17) is 4.42 Å². The van der Waals surface area contributed by atoms with Gasteiger partial charge in [0.15, 0.2) is 0 Å². The van der Waals surface area contributed by atoms with Gasteiger partial charge in [-0.15, -0.1) is 0 Å². The van der Waals surface area contributed by atoms with E-state index in [0.717, 1.165) is 30.1 Å². The fourth-order valence-corrected chi connectivity index (χ4v) is 2.57. The number of urea groups is 1. The summed E-state index contributed by atoms with van der Waals surface area (Å²) in [5.74, 6) is 1.30. The Labute approximate surface area is 141 Å². The molecule has 24 heavy (non-hydrogen) atoms. The fraction of sp³-hybridized carbons (Fsp3) is 0.333. The predicted molar refractivity (Wildman–Crippen MR) is 92.8 cm³/mol. The van der Waals surface area contributed by atoms with Crippen LogP contribution in [0.2, 0.25) is 0 Å². The SMILES string of the molecule is Cc1nc(CNC(=O)NCc2cccc(N3CC=CC3)c2)oc1C. The molecule has 6 nitrogen and oxygen atoms in total. The molecule has 0 fully saturated rings. The Balaban J connectivity index is 1.48. The lowest BCUT2D eigenvalue weighted by molar-refractivity contribution is 0.239. The van der Waals surface area contributed by atoms with Crippen molar-refractivity contribution in [1.29, 1.82) is 0 Å². The zero-order valence-corrected chi connectivity index (χ0v) is 14.0. The van der Waals surface area contributed by atoms with Crippen LogP contribution in [0, 0.1) is 13.8 Å². The van der Waals surface area contributed by atoms with Crippen LogP contribution in [0.4, 0.5) is 10.5 Å². The van der Waals surface area contributed by atoms with Crippen molar-refractivity contribution >= 4 is 11.7 Å². The van der Waals surface area contributed by atoms with Gasteiger partial charge in [-0.25, -0.2) is 9.78 Å². The summed E-state index contributed by atoms with van der Waals surface area (Å²) in [6, 6.07) is 7.98. The number of hydrogen-bond acceptors (Lipinski definition) is 4. The highest BCUT2D eigenvalue weighted by Gasteiger charge is 2.09. The molecule has 0 radical (unpaired) electrons. The molecule has 0 saturated carbocycles. The van der Waals surface area contributed by atoms with Gasteiger partial charge in [0, 0.05) is 25.3 Å². The first kappa shape index (κ1) is 16.1. The van der Waals surface area contributed by atoms with Crippen LogP contribution in [0.25, 0.3) is 0 Å². The van der Waals surface area contributed by atoms with Gasteiger partial charge >= 0.3 is 6.03 Å². The first-order valence-electron chi connectivity index (χ1n) is 8.05. The number of carbonyl (C=O) groups excluding carboxylic acids is 1. The van der Waals surface area contributed by atoms with E-state index in [-0.39, 0.29) is 12.6 Å². The van der Waals surface area contributed by atoms with Crippen LogP contribution in [-0.4, -0.2) is 24.1 Å². The summed E-state index contributed by atoms with van der Waals surface area (Å²) in [4.78, 5) is 18.4. The number of benzene rings is 1. The Hall–Kier alpha value is -2.76. The number of anilines is 1. The molecule has 0 unspecified atom stereocenters. The summed E-state index contributed by atoms with van der Waals surface area (Å²) in [5.41, 5.74) is 3.09. The zero-order valence-electron chi connectivity index (χ0n) is 14.0. The number of hydrogen-bond donors (Lipinski definition) is 2. The lowest BCUT2D eigenvalue weighted by Crippen LogP contribution is -2.34. The molecule has 2 aromatic rings. The third-order valence-electron chi connectivity index (χ3n) is 4.02. The summed E-state index contributed by atoms with van der Waals surface area (Å²) in [7, 11) is 0. The molecule has 6 heteroatoms. The fourth-order valence-electron chi connectivity index (χ4n) is 2.57. The van der Waals surface area contributed by atoms with E-state index in [2.05, 4.69) is 44.8 Å². The standard InChI is InChI=1S/C18H22N4O2/c1-13-14(2)24-17(21-13)12-20-18(23)19-11-15-6-5-7-16(10-15)22-8-3-4-9-22/h3-7,10H,8-9,11-12H2,1-2H3,(H2,19,20,23). The number of nitrogens with zero attached hydrogens (tertiary/aromatic N) is 2. The van der Waals surface area contributed by atoms with E-state index in [1.807, 2.05) is 26.0 Å². The second kappa shape index (κ2) is 7.21. The summed E-state index contributed by atoms with van der Waals surface area (Å²) in [6.07, 6.45) is 4.31. The Morgan fingerprint density at radius 2 is 1.96 bits per heavy atom. The van der Waals surface area contributed by atoms with E-state index in [1.54, 1.807) is 0 Å². The van der Waals surface area contributed by atoms with Crippen molar-refractivity contribution in [2.45, 2.75) is 26.9 Å². The van der Waals surface area contributed by atoms with Crippen molar-refractivity contribution in [2.24, 2.45) is 0 Å². The van der Waals surface area contributed by atoms with Crippen LogP contribution in [0.3, 0.4) is 0 Å². The number of amides is 2. The summed E-state index contributed by atoms with van der Waals surface area (Å²) >= 11 is 0. The van der Waals surface area contributed by atoms with Crippen LogP contribution < -0.4 is 15.5 Å². The molecule has 1 aliphatic heterocycles. The van der Waals surface area contributed by atoms with E-state index < -0.39 is 0 Å². The normalized spacial score (nSPS) is 13.3. The third-order valence-corrected chi connectivity index (χ3v) is 4.02. The molecule has 0 aliphatic carbocycles. The minimum Gasteiger partial charge on any atom is -0.444 e. The van der Waals surface area contributed by atoms with Crippen LogP contribution in [0.15, 0.2) is 40.8 Å². The molecule has 3 rings (SSSR count). The molecule has 126 valence electrons. The van der Waals surface area contributed by atoms with Gasteiger partial charge in [-0.1, -0.05) is 24.3 Å². The van der Waals surface area contributed by atoms with Gasteiger partial charge in [-0.2, -0.15) is 0 Å². The van der Waals surface area contributed by atoms with Gasteiger partial charge in [0.25, 0.3) is 0 Å². The number of aryl methyl sites for hydroxylation is 2. The quantitative estimate of drug-likeness (QED) is 0.829. The molecule has 2 heterocycles. The van der Waals surface area contributed by atoms with Crippen LogP contribution in [-0.2, 0) is 13.1 Å². The third kappa shape index (κ3) is 3.95. The molecule has 0 atom stereocenters. The molecule has 1 aliphatic rings. The topological polar surface area (TPSA) is 70.4 Å². The van der Waals surface area contributed by atoms with Crippen molar-refractivity contribution in [3.8, 4) is 0 Å². The van der Waals surface area contributed by atoms with E-state index in [9.17, 15) is 4.79 Å². The highest BCUT2D eigenvalue weighted by molar-refractivity contribution is 5.73. The van der Waals surface area contributed by atoms with Gasteiger partial charge in [0.1, 0.15) is 5.76 Å². The predicted octanol–water partition coefficient (Wildman–Crippen LogP) is 2.67. The van der Waals surface area contributed by atoms with Gasteiger partial charge in [-0.3, -0.25) is 0 Å². The average molecular weight is 326 g/mol. The number of oxazole rings is 1. The smallest absolute Gasteiger partial charge is 0.315 e. The van der Waals surface area contributed by atoms with Crippen LogP contribution in [0.1, 0.15) is 22.9 Å². The summed E-state index contributed by atoms with van der Waals surface area (Å²) in [6.45, 7) is 6.36. The molecule has 0 bridgehead atoms. The second-order valence-corrected chi connectivity index (χ2v) is 5.83. The minimum absolute atomic E-state index is 0.239. The van der Waals surface area contributed by atoms with Gasteiger partial charge in [0.2, 0.25) is 5.89 Å². The monoisotopic (exact) mass is 326 g/mol. The number of aromatic nitrogens is 1. The van der Waals surface area contributed by atoms with Crippen molar-refractivity contribution in [3.05, 3.63) is 59.3 Å². The van der Waals surface area contributed by atoms with Crippen LogP contribution in [0.5, 0.6) is 0 Å². The second-order valence-electron chi connectivity index (χ2n) is 5.83. The van der Waals surface area contributed by atoms with Crippen molar-refractivity contribution in [2.75, 3.05) is 18.0 Å². The maximum atomic E-state index is 11.9. The number of nitrogens with one attached hydrogen (secondary N) is 2. The first-order chi connectivity index (χ1) is 11.6. The van der Waals surface area contributed by atoms with E-state index in [0.29, 0.717) is 12.4 Å². The molecule has 2 amide bonds. The minimum atomic E-state index is -0.239. The van der Waals surface area contributed by atoms with Crippen molar-refractivity contribution in [1.82, 2.24) is 15.6 Å². The maximum absolute atomic E-state index is 11.9. The Morgan fingerprint density at radius 3 is 2.67 bits per heavy atom. The lowest BCUT2D eigenvalue weighted by Gasteiger charge is -2.18. The molecule has 1 aromatic heterocycles. The summed E-state index contributed by atoms with van der Waals surface area (Å²) < 4.78 is 5.44. The highest BCUT2D eigenvalue weighted by atomic mass is 16.4. The van der Waals surface area contributed by atoms with E-state index in [1.165, 1.54) is 5.69 Å². The van der Waals surface area contributed by atoms with Gasteiger partial charge in [-0.05, 0) is 31.5 Å². The highest BCUT2D eigenvalue weighted by Crippen LogP contribution is 2.18. The first-order valence-corrected chi connectivity index (χ1v) is 8.05. The Morgan fingerprint density at radius 1 is 1.21 bits per heavy atom. The van der Waals surface area contributed by atoms with Crippen molar-refractivity contribution in [3.63, 3.8) is 0 Å². The maximum Gasteiger partial charge on any atom is 0.315 e.